The average Bonchev–Trinajstić information content (AvgIpc) is 1.32. The van der Waals surface area contributed by atoms with Crippen LogP contribution in [0, 0.1) is 71.0 Å². The highest BCUT2D eigenvalue weighted by Crippen LogP contribution is 2.74. The van der Waals surface area contributed by atoms with E-state index < -0.39 is 162 Å². The van der Waals surface area contributed by atoms with Crippen molar-refractivity contribution >= 4 is 76.3 Å². The molecule has 0 heterocycles. The number of hydrogen-bond acceptors (Lipinski definition) is 11. The molecule has 0 bridgehead atoms. The van der Waals surface area contributed by atoms with Gasteiger partial charge < -0.3 is 36.9 Å². The van der Waals surface area contributed by atoms with E-state index in [4.69, 9.17) is 9.47 Å². The minimum absolute atomic E-state index is 0.0141. The number of ketones is 2. The Balaban J connectivity index is 0.000000189. The fourth-order valence-electron chi connectivity index (χ4n) is 16.9. The lowest BCUT2D eigenvalue weighted by atomic mass is 9.44. The maximum absolute atomic E-state index is 17.2. The van der Waals surface area contributed by atoms with Gasteiger partial charge in [-0.3, -0.25) is 28.8 Å². The number of ether oxygens (including phenoxy) is 2. The van der Waals surface area contributed by atoms with Gasteiger partial charge in [-0.05, 0) is 149 Å². The van der Waals surface area contributed by atoms with E-state index in [-0.39, 0.29) is 62.1 Å². The van der Waals surface area contributed by atoms with Gasteiger partial charge in [0.15, 0.2) is 43.9 Å². The van der Waals surface area contributed by atoms with Crippen molar-refractivity contribution < 1.29 is 92.1 Å². The molecule has 19 atom stereocenters. The number of fused-ring (bicyclic) bond motifs is 10. The highest BCUT2D eigenvalue weighted by atomic mass is 32.2. The Morgan fingerprint density at radius 1 is 0.682 bits per heavy atom. The number of esters is 2. The van der Waals surface area contributed by atoms with Crippen LogP contribution in [0.25, 0.3) is 0 Å². The number of aliphatic hydroxyl groups is 2. The number of thiol groups is 1. The number of thioether (sulfide) groups is 1. The van der Waals surface area contributed by atoms with Crippen LogP contribution in [0.1, 0.15) is 118 Å². The van der Waals surface area contributed by atoms with Crippen LogP contribution < -0.4 is 0 Å². The van der Waals surface area contributed by atoms with Crippen molar-refractivity contribution in [1.29, 1.82) is 0 Å². The van der Waals surface area contributed by atoms with Gasteiger partial charge in [0.25, 0.3) is 6.01 Å². The van der Waals surface area contributed by atoms with Crippen LogP contribution in [0.4, 0.5) is 43.6 Å². The first-order valence-corrected chi connectivity index (χ1v) is 32.3. The Kier molecular flexibility index (Phi) is 20.8. The Hall–Kier alpha value is -4.65. The zero-order valence-corrected chi connectivity index (χ0v) is 53.2. The number of allylic oxidation sites excluding steroid dienone is 8. The molecule has 6 saturated carbocycles. The number of carbonyl (C=O) groups is 6. The van der Waals surface area contributed by atoms with E-state index in [9.17, 15) is 65.0 Å². The summed E-state index contributed by atoms with van der Waals surface area (Å²) in [6.45, 7) is 17.2. The van der Waals surface area contributed by atoms with Gasteiger partial charge in [0.1, 0.15) is 18.3 Å². The molecule has 10 rings (SSSR count). The fourth-order valence-corrected chi connectivity index (χ4v) is 20.0. The summed E-state index contributed by atoms with van der Waals surface area (Å²) in [5, 5.41) is 21.4. The number of rotatable bonds is 10. The quantitative estimate of drug-likeness (QED) is 0.0683. The normalized spacial score (nSPS) is 39.4. The number of carbonyl (C=O) groups excluding carboxylic acids is 6. The van der Waals surface area contributed by atoms with Crippen molar-refractivity contribution in [3.63, 3.8) is 0 Å². The number of alkyl halides is 6. The SMILES string of the molecule is CCC(=O)O[C@@]1(C(=O)S)[C@H](C)CC2C3C[C@@H](F)C4=CC(=O)C=CC4(C)[C@]3(F)C(O)CC21C.CCC(=O)O[C@@]1(C(=O)SCF)[C@H](C)CC2C3C[C@@H](F)C4=CC(=O)C=CC4(C)[C@]3(F)C(O)CC21C.Cc1ccc(C)c([S+](CF)c2ccccc2)c1.F[B-](F)(F)F. The predicted molar refractivity (Wildman–Crippen MR) is 320 cm³/mol. The van der Waals surface area contributed by atoms with Crippen LogP contribution in [-0.4, -0.2) is 110 Å². The molecule has 8 aliphatic carbocycles. The number of aryl methyl sites for hydroxylation is 2. The van der Waals surface area contributed by atoms with Crippen molar-refractivity contribution in [2.45, 2.75) is 177 Å². The lowest BCUT2D eigenvalue weighted by Gasteiger charge is -2.63. The largest absolute Gasteiger partial charge is 0.673 e. The lowest BCUT2D eigenvalue weighted by Crippen LogP contribution is -2.70. The molecule has 0 radical (unpaired) electrons. The van der Waals surface area contributed by atoms with Crippen molar-refractivity contribution in [1.82, 2.24) is 0 Å². The van der Waals surface area contributed by atoms with E-state index in [1.807, 2.05) is 44.2 Å². The second-order valence-electron chi connectivity index (χ2n) is 25.5. The van der Waals surface area contributed by atoms with Crippen molar-refractivity contribution in [3.05, 3.63) is 107 Å². The third-order valence-corrected chi connectivity index (χ3v) is 24.1. The van der Waals surface area contributed by atoms with Crippen LogP contribution in [-0.2, 0) is 49.1 Å². The zero-order valence-electron chi connectivity index (χ0n) is 50.7. The van der Waals surface area contributed by atoms with Crippen LogP contribution in [0.2, 0.25) is 0 Å². The Bertz CT molecular complexity index is 3160. The topological polar surface area (TPSA) is 161 Å². The first-order valence-electron chi connectivity index (χ1n) is 29.4. The van der Waals surface area contributed by atoms with Gasteiger partial charge in [0.2, 0.25) is 10.2 Å². The lowest BCUT2D eigenvalue weighted by molar-refractivity contribution is -0.228. The van der Waals surface area contributed by atoms with Crippen LogP contribution in [0.15, 0.2) is 106 Å². The van der Waals surface area contributed by atoms with E-state index >= 15 is 17.6 Å². The van der Waals surface area contributed by atoms with E-state index in [0.717, 1.165) is 21.9 Å². The summed E-state index contributed by atoms with van der Waals surface area (Å²) in [6.07, 6.45) is 0.779. The van der Waals surface area contributed by atoms with E-state index in [0.29, 0.717) is 18.2 Å². The summed E-state index contributed by atoms with van der Waals surface area (Å²) in [4.78, 5) is 77.1. The predicted octanol–water partition coefficient (Wildman–Crippen LogP) is 13.7. The first kappa shape index (κ1) is 70.8. The van der Waals surface area contributed by atoms with Crippen LogP contribution >= 0.6 is 24.4 Å². The molecule has 8 aliphatic rings. The highest BCUT2D eigenvalue weighted by Gasteiger charge is 2.80. The summed E-state index contributed by atoms with van der Waals surface area (Å²) in [5.41, 5.74) is -10.9. The van der Waals surface area contributed by atoms with Crippen LogP contribution in [0.5, 0.6) is 0 Å². The standard InChI is InChI=1S/C25H31F3O5S.C24H30F2O5S.C15H16FS.BF4/c1-5-20(31)33-25(21(32)34-12-26)13(2)8-15-16-10-18(27)17-9-14(29)6-7-22(17,3)24(16,28)19(30)11-23(15,25)4;1-5-19(29)31-24(20(30)32)12(2)8-14-15-10-17(25)16-9-13(27)6-7-21(16,3)23(15,26)18(28)11-22(14,24)4;1-12-8-9-13(2)15(10-12)17(11-16)14-6-4-3-5-7-14;2-1(3,4)5/h6-7,9,13,15-16,18-19,30H,5,8,10-12H2,1-4H3;6-7,9,12,14-15,17-18,28H,5,8,10-11H2,1-4H3,(H,30,32);3-10H,11H2,1-2H3;/q;;+1;-1/t13-,15?,16?,18-,19?,22?,23?,24-,25-;12-,14?,15?,17-,18?,21?,22?,23-,24-;;/m11../s1. The Labute approximate surface area is 519 Å². The fraction of sp³-hybridized carbons (Fsp3) is 0.594. The summed E-state index contributed by atoms with van der Waals surface area (Å²) < 4.78 is 142. The second kappa shape index (κ2) is 25.8. The number of aliphatic hydroxyl groups excluding tert-OH is 2. The first-order chi connectivity index (χ1) is 40.8. The van der Waals surface area contributed by atoms with Gasteiger partial charge in [0, 0.05) is 63.7 Å². The van der Waals surface area contributed by atoms with Gasteiger partial charge >= 0.3 is 19.2 Å². The minimum Gasteiger partial charge on any atom is -0.449 e. The molecular formula is C64H77BF10O10S3. The molecule has 2 aromatic rings. The number of hydrogen-bond donors (Lipinski definition) is 3. The van der Waals surface area contributed by atoms with Gasteiger partial charge in [-0.15, -0.1) is 12.6 Å². The van der Waals surface area contributed by atoms with Gasteiger partial charge in [0.05, 0.1) is 23.1 Å². The molecule has 0 saturated heterocycles. The van der Waals surface area contributed by atoms with E-state index in [1.165, 1.54) is 49.3 Å². The number of benzene rings is 2. The van der Waals surface area contributed by atoms with Crippen molar-refractivity contribution in [2.75, 3.05) is 12.0 Å². The molecule has 484 valence electrons. The maximum atomic E-state index is 17.2. The minimum atomic E-state index is -6.00. The molecule has 11 unspecified atom stereocenters. The van der Waals surface area contributed by atoms with Gasteiger partial charge in [-0.2, -0.15) is 4.39 Å². The molecule has 10 nitrogen and oxygen atoms in total. The van der Waals surface area contributed by atoms with Crippen molar-refractivity contribution in [3.8, 4) is 0 Å². The third-order valence-electron chi connectivity index (χ3n) is 21.0. The van der Waals surface area contributed by atoms with E-state index in [2.05, 4.69) is 30.8 Å². The molecule has 0 aliphatic heterocycles. The molecule has 0 spiro atoms. The second-order valence-corrected chi connectivity index (χ2v) is 28.7. The van der Waals surface area contributed by atoms with Gasteiger partial charge in [-0.25, -0.2) is 22.0 Å². The highest BCUT2D eigenvalue weighted by molar-refractivity contribution is 8.13. The molecule has 0 aromatic heterocycles. The smallest absolute Gasteiger partial charge is 0.449 e. The molecule has 2 aromatic carbocycles. The summed E-state index contributed by atoms with van der Waals surface area (Å²) in [5.74, 6) is -6.24. The molecule has 24 heteroatoms. The maximum Gasteiger partial charge on any atom is 0.673 e. The van der Waals surface area contributed by atoms with E-state index in [1.54, 1.807) is 41.5 Å². The zero-order chi connectivity index (χ0) is 65.9. The average molecular weight is 1300 g/mol. The molecule has 2 N–H and O–H groups in total. The van der Waals surface area contributed by atoms with Gasteiger partial charge in [-0.1, -0.05) is 84.0 Å². The molecule has 0 amide bonds. The summed E-state index contributed by atoms with van der Waals surface area (Å²) in [7, 11) is -6.45. The monoisotopic (exact) mass is 1300 g/mol. The summed E-state index contributed by atoms with van der Waals surface area (Å²) >= 11 is 4.48. The Morgan fingerprint density at radius 3 is 1.51 bits per heavy atom. The van der Waals surface area contributed by atoms with Crippen molar-refractivity contribution in [2.24, 2.45) is 57.2 Å². The third kappa shape index (κ3) is 11.5. The molecule has 88 heavy (non-hydrogen) atoms. The summed E-state index contributed by atoms with van der Waals surface area (Å²) in [6, 6.07) is 14.8. The van der Waals surface area contributed by atoms with Crippen LogP contribution in [0.3, 0.4) is 0 Å². The molecule has 6 fully saturated rings. The molecular weight excluding hydrogens is 1230 g/mol. The Morgan fingerprint density at radius 2 is 1.10 bits per heavy atom. The number of halogens is 10.